The van der Waals surface area contributed by atoms with Gasteiger partial charge in [-0.1, -0.05) is 6.08 Å². The van der Waals surface area contributed by atoms with Crippen molar-refractivity contribution >= 4 is 11.8 Å². The van der Waals surface area contributed by atoms with Crippen LogP contribution in [0.15, 0.2) is 12.7 Å². The van der Waals surface area contributed by atoms with E-state index >= 15 is 0 Å². The molecule has 0 heterocycles. The Bertz CT molecular complexity index is 147. The molecule has 0 aliphatic rings. The lowest BCUT2D eigenvalue weighted by atomic mass is 10.2. The predicted molar refractivity (Wildman–Crippen MR) is 50.8 cm³/mol. The first-order valence-corrected chi connectivity index (χ1v) is 4.99. The van der Waals surface area contributed by atoms with Crippen molar-refractivity contribution in [3.8, 4) is 0 Å². The van der Waals surface area contributed by atoms with Gasteiger partial charge < -0.3 is 5.32 Å². The summed E-state index contributed by atoms with van der Waals surface area (Å²) in [7, 11) is 0. The summed E-state index contributed by atoms with van der Waals surface area (Å²) in [6.45, 7) is 5.83. The van der Waals surface area contributed by atoms with Gasteiger partial charge in [-0.2, -0.15) is 13.2 Å². The Labute approximate surface area is 80.8 Å². The van der Waals surface area contributed by atoms with E-state index in [0.717, 1.165) is 6.42 Å². The fourth-order valence-corrected chi connectivity index (χ4v) is 1.26. The zero-order valence-electron chi connectivity index (χ0n) is 7.53. The molecule has 0 radical (unpaired) electrons. The van der Waals surface area contributed by atoms with E-state index in [1.165, 1.54) is 0 Å². The van der Waals surface area contributed by atoms with E-state index in [9.17, 15) is 13.2 Å². The SMILES string of the molecule is C=CCC(C)NCCSC(F)(F)F. The molecule has 1 N–H and O–H groups in total. The van der Waals surface area contributed by atoms with Gasteiger partial charge in [0.1, 0.15) is 0 Å². The van der Waals surface area contributed by atoms with E-state index in [4.69, 9.17) is 0 Å². The van der Waals surface area contributed by atoms with Gasteiger partial charge in [0.25, 0.3) is 0 Å². The summed E-state index contributed by atoms with van der Waals surface area (Å²) >= 11 is 0.00531. The summed E-state index contributed by atoms with van der Waals surface area (Å²) < 4.78 is 34.9. The quantitative estimate of drug-likeness (QED) is 0.538. The van der Waals surface area contributed by atoms with Gasteiger partial charge in [0.2, 0.25) is 0 Å². The van der Waals surface area contributed by atoms with Crippen molar-refractivity contribution in [3.63, 3.8) is 0 Å². The molecule has 78 valence electrons. The second-order valence-corrected chi connectivity index (χ2v) is 3.83. The van der Waals surface area contributed by atoms with Gasteiger partial charge in [-0.05, 0) is 25.1 Å². The number of hydrogen-bond acceptors (Lipinski definition) is 2. The minimum atomic E-state index is -4.11. The molecule has 0 aromatic heterocycles. The lowest BCUT2D eigenvalue weighted by Crippen LogP contribution is -2.28. The smallest absolute Gasteiger partial charge is 0.313 e. The largest absolute Gasteiger partial charge is 0.441 e. The third kappa shape index (κ3) is 9.76. The number of rotatable bonds is 6. The van der Waals surface area contributed by atoms with Gasteiger partial charge in [-0.15, -0.1) is 6.58 Å². The van der Waals surface area contributed by atoms with Gasteiger partial charge in [0.15, 0.2) is 0 Å². The molecular weight excluding hydrogens is 199 g/mol. The van der Waals surface area contributed by atoms with Crippen molar-refractivity contribution in [3.05, 3.63) is 12.7 Å². The Balaban J connectivity index is 3.30. The Morgan fingerprint density at radius 1 is 1.54 bits per heavy atom. The molecule has 13 heavy (non-hydrogen) atoms. The Hall–Kier alpha value is -0.160. The van der Waals surface area contributed by atoms with Crippen molar-refractivity contribution in [1.82, 2.24) is 5.32 Å². The number of nitrogens with one attached hydrogen (secondary N) is 1. The summed E-state index contributed by atoms with van der Waals surface area (Å²) in [5.41, 5.74) is -4.11. The lowest BCUT2D eigenvalue weighted by molar-refractivity contribution is -0.0327. The van der Waals surface area contributed by atoms with Gasteiger partial charge in [0, 0.05) is 18.3 Å². The molecule has 0 fully saturated rings. The maximum atomic E-state index is 11.6. The molecule has 0 saturated carbocycles. The van der Waals surface area contributed by atoms with Gasteiger partial charge in [-0.25, -0.2) is 0 Å². The van der Waals surface area contributed by atoms with Crippen LogP contribution < -0.4 is 5.32 Å². The van der Waals surface area contributed by atoms with Gasteiger partial charge in [0.05, 0.1) is 0 Å². The highest BCUT2D eigenvalue weighted by atomic mass is 32.2. The molecule has 0 bridgehead atoms. The summed E-state index contributed by atoms with van der Waals surface area (Å²) in [6.07, 6.45) is 2.52. The highest BCUT2D eigenvalue weighted by Crippen LogP contribution is 2.29. The molecule has 0 aromatic rings. The van der Waals surface area contributed by atoms with E-state index in [1.54, 1.807) is 6.08 Å². The molecule has 0 rings (SSSR count). The molecule has 0 aromatic carbocycles. The van der Waals surface area contributed by atoms with Crippen molar-refractivity contribution < 1.29 is 13.2 Å². The average Bonchev–Trinajstić information content (AvgIpc) is 1.97. The molecule has 0 amide bonds. The first-order valence-electron chi connectivity index (χ1n) is 4.00. The van der Waals surface area contributed by atoms with E-state index in [-0.39, 0.29) is 23.6 Å². The lowest BCUT2D eigenvalue weighted by Gasteiger charge is -2.11. The second kappa shape index (κ2) is 6.32. The maximum Gasteiger partial charge on any atom is 0.441 e. The van der Waals surface area contributed by atoms with E-state index < -0.39 is 5.51 Å². The van der Waals surface area contributed by atoms with Gasteiger partial charge >= 0.3 is 5.51 Å². The van der Waals surface area contributed by atoms with Crippen molar-refractivity contribution in [2.24, 2.45) is 0 Å². The first kappa shape index (κ1) is 12.8. The fraction of sp³-hybridized carbons (Fsp3) is 0.750. The fourth-order valence-electron chi connectivity index (χ4n) is 0.805. The van der Waals surface area contributed by atoms with Crippen molar-refractivity contribution in [1.29, 1.82) is 0 Å². The molecule has 0 aliphatic carbocycles. The van der Waals surface area contributed by atoms with Crippen molar-refractivity contribution in [2.45, 2.75) is 24.9 Å². The van der Waals surface area contributed by atoms with Crippen LogP contribution in [0.5, 0.6) is 0 Å². The standard InChI is InChI=1S/C8H14F3NS/c1-3-4-7(2)12-5-6-13-8(9,10)11/h3,7,12H,1,4-6H2,2H3. The molecule has 1 atom stereocenters. The number of hydrogen-bond donors (Lipinski definition) is 1. The van der Waals surface area contributed by atoms with Crippen LogP contribution in [-0.2, 0) is 0 Å². The van der Waals surface area contributed by atoms with E-state index in [1.807, 2.05) is 6.92 Å². The second-order valence-electron chi connectivity index (χ2n) is 2.67. The minimum absolute atomic E-state index is 0.00531. The zero-order valence-corrected chi connectivity index (χ0v) is 8.34. The van der Waals surface area contributed by atoms with E-state index in [0.29, 0.717) is 6.54 Å². The third-order valence-corrected chi connectivity index (χ3v) is 2.12. The number of alkyl halides is 3. The Kier molecular flexibility index (Phi) is 6.24. The summed E-state index contributed by atoms with van der Waals surface area (Å²) in [4.78, 5) is 0. The molecule has 0 saturated heterocycles. The van der Waals surface area contributed by atoms with Crippen LogP contribution in [0.25, 0.3) is 0 Å². The molecule has 5 heteroatoms. The third-order valence-electron chi connectivity index (χ3n) is 1.38. The zero-order chi connectivity index (χ0) is 10.3. The molecule has 1 unspecified atom stereocenters. The molecule has 0 spiro atoms. The van der Waals surface area contributed by atoms with Crippen LogP contribution in [0.3, 0.4) is 0 Å². The maximum absolute atomic E-state index is 11.6. The molecule has 0 aliphatic heterocycles. The predicted octanol–water partition coefficient (Wildman–Crippen LogP) is 2.79. The summed E-state index contributed by atoms with van der Waals surface area (Å²) in [5.74, 6) is 0.0605. The van der Waals surface area contributed by atoms with E-state index in [2.05, 4.69) is 11.9 Å². The molecular formula is C8H14F3NS. The van der Waals surface area contributed by atoms with Crippen LogP contribution in [0.4, 0.5) is 13.2 Å². The minimum Gasteiger partial charge on any atom is -0.313 e. The van der Waals surface area contributed by atoms with Crippen LogP contribution in [-0.4, -0.2) is 23.8 Å². The van der Waals surface area contributed by atoms with Crippen LogP contribution >= 0.6 is 11.8 Å². The number of thioether (sulfide) groups is 1. The Morgan fingerprint density at radius 2 is 2.15 bits per heavy atom. The summed E-state index contributed by atoms with van der Waals surface area (Å²) in [5, 5.41) is 2.96. The van der Waals surface area contributed by atoms with Crippen LogP contribution in [0, 0.1) is 0 Å². The highest BCUT2D eigenvalue weighted by Gasteiger charge is 2.27. The van der Waals surface area contributed by atoms with Crippen LogP contribution in [0.2, 0.25) is 0 Å². The molecule has 1 nitrogen and oxygen atoms in total. The Morgan fingerprint density at radius 3 is 2.62 bits per heavy atom. The van der Waals surface area contributed by atoms with Crippen LogP contribution in [0.1, 0.15) is 13.3 Å². The number of halogens is 3. The highest BCUT2D eigenvalue weighted by molar-refractivity contribution is 8.00. The van der Waals surface area contributed by atoms with Gasteiger partial charge in [-0.3, -0.25) is 0 Å². The topological polar surface area (TPSA) is 12.0 Å². The summed E-state index contributed by atoms with van der Waals surface area (Å²) in [6, 6.07) is 0.200. The normalized spacial score (nSPS) is 14.2. The first-order chi connectivity index (χ1) is 5.95. The average molecular weight is 213 g/mol. The monoisotopic (exact) mass is 213 g/mol. The van der Waals surface area contributed by atoms with Crippen molar-refractivity contribution in [2.75, 3.05) is 12.3 Å².